The topological polar surface area (TPSA) is 497 Å². The number of nitrogens with zero attached hydrogens (tertiary/aromatic N) is 13. The van der Waals surface area contributed by atoms with Gasteiger partial charge in [0.25, 0.3) is 17.7 Å². The first-order chi connectivity index (χ1) is 63.0. The molecule has 131 heavy (non-hydrogen) atoms. The number of aliphatic hydroxyl groups is 3. The Kier molecular flexibility index (Phi) is 36.3. The third-order valence-corrected chi connectivity index (χ3v) is 27.4. The number of carbonyl (C=O) groups excluding carboxylic acids is 6. The van der Waals surface area contributed by atoms with Gasteiger partial charge < -0.3 is 89.9 Å². The largest absolute Gasteiger partial charge is 0.459 e. The lowest BCUT2D eigenvalue weighted by Crippen LogP contribution is -2.61. The van der Waals surface area contributed by atoms with E-state index in [1.807, 2.05) is 85.5 Å². The number of piperazine rings is 1. The number of hydrogen-bond acceptors (Lipinski definition) is 32. The fourth-order valence-corrected chi connectivity index (χ4v) is 19.1. The molecule has 8 unspecified atom stereocenters. The second-order valence-corrected chi connectivity index (χ2v) is 37.2. The van der Waals surface area contributed by atoms with Gasteiger partial charge in [-0.05, 0) is 149 Å². The Balaban J connectivity index is 0.551. The molecule has 712 valence electrons. The quantitative estimate of drug-likeness (QED) is 0.00938. The minimum atomic E-state index is -3.64. The number of ketones is 3. The average Bonchev–Trinajstić information content (AvgIpc) is 1.53. The number of ether oxygens (including phenoxy) is 8. The van der Waals surface area contributed by atoms with Gasteiger partial charge in [0.2, 0.25) is 27.7 Å². The van der Waals surface area contributed by atoms with E-state index < -0.39 is 105 Å². The van der Waals surface area contributed by atoms with Crippen LogP contribution in [0.15, 0.2) is 119 Å². The standard InChI is InChI=1S/C93H129N17O20S/c1-58-17-10-9-11-18-59(2)77(122-7)51-70-25-22-63(6)93(119,130-70)86(116)89(117)109-31-14-12-21-73(109)90(118)128-78(52-74(111)60(3)46-62(5)84(114)85(115)83(113)61(4)45-58)71(94)48-64-23-26-76(79(49-64)123-8)127-56-65-19-16-20-66(47-65)68-53-98-92(99-54-68)106-33-35-108(36-34-106)131(120,121)44-29-69-55-107(105-103-69)37-39-125-41-43-126-42-40-124-38-28-80(112)97-30-13-15-32-110-88-81(87(95)100-57-101-88)82(104-110)67-24-27-75-72(50-67)102-91(96)129-75/h9-11,16-20,24,27,46-47,50,53-55,57-58,60-61,63-64,70-71,73,76-79,84-85,114-115,119H,12-15,21-23,25-26,28-45,48-49,51-52,56,94H2,1-8H3,(H2,96,102)(H,97,112)(H2,95,100,101)/b11-9?,17-10+,59-18?,62-46+/t58?,60?,61?,63-,64?,70+,71-,73+,76?,77?,78?,79-,84?,85+,93-/m1/s1. The molecular weight excluding hydrogens is 1710 g/mol. The van der Waals surface area contributed by atoms with E-state index in [0.717, 1.165) is 39.1 Å². The molecule has 2 amide bonds. The summed E-state index contributed by atoms with van der Waals surface area (Å²) in [6.45, 7) is 15.2. The van der Waals surface area contributed by atoms with Crippen LogP contribution in [0.1, 0.15) is 149 Å². The van der Waals surface area contributed by atoms with Gasteiger partial charge in [0.15, 0.2) is 17.0 Å². The van der Waals surface area contributed by atoms with Crippen molar-refractivity contribution in [1.82, 2.24) is 64.2 Å². The van der Waals surface area contributed by atoms with Gasteiger partial charge in [-0.2, -0.15) is 14.4 Å². The number of aryl methyl sites for hydroxylation is 2. The Morgan fingerprint density at radius 1 is 0.771 bits per heavy atom. The number of amides is 2. The summed E-state index contributed by atoms with van der Waals surface area (Å²) in [5.41, 5.74) is 26.4. The van der Waals surface area contributed by atoms with Crippen molar-refractivity contribution < 1.29 is 94.8 Å². The number of allylic oxidation sites excluding steroid dienone is 6. The molecule has 2 bridgehead atoms. The van der Waals surface area contributed by atoms with Gasteiger partial charge in [0.05, 0.1) is 94.0 Å². The van der Waals surface area contributed by atoms with E-state index in [4.69, 9.17) is 74.6 Å². The van der Waals surface area contributed by atoms with E-state index in [9.17, 15) is 52.5 Å². The first-order valence-corrected chi connectivity index (χ1v) is 47.3. The van der Waals surface area contributed by atoms with E-state index in [1.54, 1.807) is 69.0 Å². The van der Waals surface area contributed by atoms with Gasteiger partial charge in [0.1, 0.15) is 53.5 Å². The molecule has 0 spiro atoms. The first-order valence-electron chi connectivity index (χ1n) is 45.7. The number of anilines is 3. The fourth-order valence-electron chi connectivity index (χ4n) is 17.7. The number of sulfonamides is 1. The Morgan fingerprint density at radius 3 is 2.30 bits per heavy atom. The van der Waals surface area contributed by atoms with Gasteiger partial charge in [-0.3, -0.25) is 24.0 Å². The highest BCUT2D eigenvalue weighted by molar-refractivity contribution is 7.89. The van der Waals surface area contributed by atoms with Crippen molar-refractivity contribution in [2.75, 3.05) is 115 Å². The monoisotopic (exact) mass is 1840 g/mol. The predicted octanol–water partition coefficient (Wildman–Crippen LogP) is 7.33. The van der Waals surface area contributed by atoms with Crippen molar-refractivity contribution in [2.24, 2.45) is 35.3 Å². The van der Waals surface area contributed by atoms with Crippen molar-refractivity contribution >= 4 is 85.1 Å². The zero-order chi connectivity index (χ0) is 93.5. The Morgan fingerprint density at radius 2 is 1.53 bits per heavy atom. The van der Waals surface area contributed by atoms with E-state index in [-0.39, 0.29) is 119 Å². The molecule has 1 saturated carbocycles. The number of nitrogen functional groups attached to an aromatic ring is 2. The van der Waals surface area contributed by atoms with Crippen molar-refractivity contribution in [1.29, 1.82) is 0 Å². The zero-order valence-electron chi connectivity index (χ0n) is 76.3. The summed E-state index contributed by atoms with van der Waals surface area (Å²) in [4.78, 5) is 110. The maximum atomic E-state index is 14.8. The maximum absolute atomic E-state index is 14.8. The molecule has 7 aromatic rings. The van der Waals surface area contributed by atoms with Crippen LogP contribution in [0, 0.1) is 29.6 Å². The predicted molar refractivity (Wildman–Crippen MR) is 487 cm³/mol. The Hall–Kier alpha value is -10.1. The molecule has 38 heteroatoms. The summed E-state index contributed by atoms with van der Waals surface area (Å²) >= 11 is 0. The molecule has 3 saturated heterocycles. The van der Waals surface area contributed by atoms with Crippen molar-refractivity contribution in [3.8, 4) is 22.4 Å². The van der Waals surface area contributed by atoms with E-state index in [2.05, 4.69) is 30.6 Å². The number of esters is 1. The molecule has 4 fully saturated rings. The summed E-state index contributed by atoms with van der Waals surface area (Å²) in [5, 5.41) is 51.6. The number of methoxy groups -OCH3 is 2. The summed E-state index contributed by atoms with van der Waals surface area (Å²) in [7, 11) is -0.464. The smallest absolute Gasteiger partial charge is 0.329 e. The van der Waals surface area contributed by atoms with Gasteiger partial charge in [0, 0.05) is 139 Å². The van der Waals surface area contributed by atoms with Crippen LogP contribution in [0.5, 0.6) is 0 Å². The number of nitrogens with two attached hydrogens (primary N) is 3. The minimum absolute atomic E-state index is 0.00701. The summed E-state index contributed by atoms with van der Waals surface area (Å²) in [5.74, 6) is -8.60. The van der Waals surface area contributed by atoms with Crippen LogP contribution < -0.4 is 27.4 Å². The number of nitrogens with one attached hydrogen (secondary N) is 1. The van der Waals surface area contributed by atoms with Crippen molar-refractivity contribution in [2.45, 2.75) is 225 Å². The average molecular weight is 1840 g/mol. The van der Waals surface area contributed by atoms with Gasteiger partial charge >= 0.3 is 5.97 Å². The van der Waals surface area contributed by atoms with Crippen LogP contribution in [0.3, 0.4) is 0 Å². The zero-order valence-corrected chi connectivity index (χ0v) is 77.1. The number of fused-ring (bicyclic) bond motifs is 5. The number of hydrogen-bond donors (Lipinski definition) is 7. The number of cyclic esters (lactones) is 1. The molecule has 12 rings (SSSR count). The molecule has 9 heterocycles. The summed E-state index contributed by atoms with van der Waals surface area (Å²) in [6.07, 6.45) is 17.0. The maximum Gasteiger partial charge on any atom is 0.329 e. The molecule has 2 aromatic carbocycles. The number of aliphatic hydroxyl groups excluding tert-OH is 2. The molecule has 10 N–H and O–H groups in total. The van der Waals surface area contributed by atoms with Gasteiger partial charge in [-0.15, -0.1) is 5.10 Å². The number of piperidine rings is 1. The number of Topliss-reactive ketones (excluding diaryl/α,β-unsaturated/α-hetero) is 3. The third-order valence-electron chi connectivity index (χ3n) is 25.5. The highest BCUT2D eigenvalue weighted by Crippen LogP contribution is 2.39. The lowest BCUT2D eigenvalue weighted by atomic mass is 9.80. The van der Waals surface area contributed by atoms with E-state index >= 15 is 0 Å². The Labute approximate surface area is 764 Å². The second-order valence-electron chi connectivity index (χ2n) is 35.2. The molecule has 1 aliphatic carbocycles. The second kappa shape index (κ2) is 47.5. The minimum Gasteiger partial charge on any atom is -0.459 e. The van der Waals surface area contributed by atoms with Crippen LogP contribution >= 0.6 is 0 Å². The van der Waals surface area contributed by atoms with Crippen LogP contribution in [-0.4, -0.2) is 277 Å². The van der Waals surface area contributed by atoms with Crippen LogP contribution in [0.25, 0.3) is 44.5 Å². The third kappa shape index (κ3) is 26.9. The van der Waals surface area contributed by atoms with Crippen LogP contribution in [0.2, 0.25) is 0 Å². The number of unbranched alkanes of at least 4 members (excludes halogenated alkanes) is 1. The number of rotatable bonds is 32. The first kappa shape index (κ1) is 99.9. The highest BCUT2D eigenvalue weighted by Gasteiger charge is 2.53. The lowest BCUT2D eigenvalue weighted by molar-refractivity contribution is -0.265. The molecule has 37 nitrogen and oxygen atoms in total. The summed E-state index contributed by atoms with van der Waals surface area (Å²) in [6, 6.07) is 11.2. The molecular formula is C93H129N17O20S. The Bertz CT molecular complexity index is 5250. The SMILES string of the molecule is COC1C[C@@H]2CC[C@@H](C)[C@@](O)(O2)C(=O)C(=O)N2CCCC[C@H]2C(=O)OC([C@H](N)CC2CCC(OCc3cccc(-c4cnc(N5CCN(S(=O)(=O)CCc6cn(CCOCCOCCOCCC(=O)NCCCCn7nc(-c8ccc9oc(N)nc9c8)c8c(N)ncnc87)nn6)CC5)nc4)c3)[C@H](OC)C2)CC(=O)C(C)/C=C(\C)C(O)[C@@H](O)C(=O)C(C)CC(C)/C=C/C=CC=C1C. The normalized spacial score (nSPS) is 26.4. The number of benzene rings is 2. The van der Waals surface area contributed by atoms with Gasteiger partial charge in [-0.1, -0.05) is 87.6 Å². The van der Waals surface area contributed by atoms with Crippen molar-refractivity contribution in [3.63, 3.8) is 0 Å². The number of carbonyl (C=O) groups is 6. The molecule has 4 aliphatic heterocycles. The molecule has 15 atom stereocenters. The molecule has 5 aromatic heterocycles. The summed E-state index contributed by atoms with van der Waals surface area (Å²) < 4.78 is 85.7. The lowest BCUT2D eigenvalue weighted by Gasteiger charge is -2.42. The van der Waals surface area contributed by atoms with E-state index in [1.165, 1.54) is 23.6 Å². The van der Waals surface area contributed by atoms with E-state index in [0.29, 0.717) is 169 Å². The highest BCUT2D eigenvalue weighted by atomic mass is 32.2. The molecule has 0 radical (unpaired) electrons. The van der Waals surface area contributed by atoms with Gasteiger partial charge in [-0.25, -0.2) is 42.5 Å². The fraction of sp³-hybridized carbons (Fsp3) is 0.591. The van der Waals surface area contributed by atoms with Crippen molar-refractivity contribution in [3.05, 3.63) is 126 Å². The van der Waals surface area contributed by atoms with Crippen LogP contribution in [0.4, 0.5) is 17.8 Å². The number of oxazole rings is 1. The molecule has 5 aliphatic rings. The number of aromatic nitrogens is 10. The van der Waals surface area contributed by atoms with Crippen LogP contribution in [-0.2, 0) is 103 Å².